The number of anilines is 1. The van der Waals surface area contributed by atoms with E-state index < -0.39 is 0 Å². The fourth-order valence-corrected chi connectivity index (χ4v) is 2.67. The maximum absolute atomic E-state index is 12.8. The minimum Gasteiger partial charge on any atom is -0.489 e. The Morgan fingerprint density at radius 1 is 1.38 bits per heavy atom. The number of carbonyl (C=O) groups is 1. The Labute approximate surface area is 150 Å². The topological polar surface area (TPSA) is 90.6 Å². The average Bonchev–Trinajstić information content (AvgIpc) is 2.69. The number of nitrogens with two attached hydrogens (primary N) is 1. The maximum Gasteiger partial charge on any atom is 0.316 e. The third-order valence-corrected chi connectivity index (χ3v) is 4.11. The van der Waals surface area contributed by atoms with Crippen LogP contribution in [0.3, 0.4) is 0 Å². The Morgan fingerprint density at radius 2 is 2.15 bits per heavy atom. The SMILES string of the molecule is COc1ncc(N2CCc3cc(OC/C(=C\F)CN)ccc3C2=O)cn1. The third-order valence-electron chi connectivity index (χ3n) is 4.11. The summed E-state index contributed by atoms with van der Waals surface area (Å²) >= 11 is 0. The summed E-state index contributed by atoms with van der Waals surface area (Å²) in [6.45, 7) is 0.678. The molecule has 3 rings (SSSR count). The van der Waals surface area contributed by atoms with Crippen LogP contribution in [-0.2, 0) is 6.42 Å². The summed E-state index contributed by atoms with van der Waals surface area (Å²) in [5, 5.41) is 0. The molecule has 1 aromatic carbocycles. The molecule has 0 bridgehead atoms. The molecule has 1 aromatic heterocycles. The highest BCUT2D eigenvalue weighted by molar-refractivity contribution is 6.08. The Balaban J connectivity index is 1.76. The largest absolute Gasteiger partial charge is 0.489 e. The highest BCUT2D eigenvalue weighted by Crippen LogP contribution is 2.27. The van der Waals surface area contributed by atoms with Crippen LogP contribution in [0.5, 0.6) is 11.8 Å². The quantitative estimate of drug-likeness (QED) is 0.848. The second-order valence-corrected chi connectivity index (χ2v) is 5.71. The van der Waals surface area contributed by atoms with E-state index in [0.717, 1.165) is 5.56 Å². The van der Waals surface area contributed by atoms with Crippen molar-refractivity contribution in [3.63, 3.8) is 0 Å². The van der Waals surface area contributed by atoms with E-state index in [1.807, 2.05) is 6.07 Å². The lowest BCUT2D eigenvalue weighted by Crippen LogP contribution is -2.37. The Hall–Kier alpha value is -3.00. The number of aromatic nitrogens is 2. The van der Waals surface area contributed by atoms with Crippen LogP contribution in [0.15, 0.2) is 42.5 Å². The van der Waals surface area contributed by atoms with Crippen molar-refractivity contribution in [2.24, 2.45) is 5.73 Å². The van der Waals surface area contributed by atoms with Gasteiger partial charge in [-0.2, -0.15) is 0 Å². The first-order chi connectivity index (χ1) is 12.7. The zero-order chi connectivity index (χ0) is 18.5. The van der Waals surface area contributed by atoms with Crippen LogP contribution in [-0.4, -0.2) is 42.7 Å². The minimum absolute atomic E-state index is 0.0784. The summed E-state index contributed by atoms with van der Waals surface area (Å²) in [5.74, 6) is 0.448. The average molecular weight is 358 g/mol. The van der Waals surface area contributed by atoms with E-state index in [9.17, 15) is 9.18 Å². The minimum atomic E-state index is -0.127. The number of benzene rings is 1. The second-order valence-electron chi connectivity index (χ2n) is 5.71. The van der Waals surface area contributed by atoms with Gasteiger partial charge in [0.2, 0.25) is 0 Å². The predicted molar refractivity (Wildman–Crippen MR) is 94.1 cm³/mol. The van der Waals surface area contributed by atoms with E-state index in [-0.39, 0.29) is 25.1 Å². The number of methoxy groups -OCH3 is 1. The summed E-state index contributed by atoms with van der Waals surface area (Å²) in [6, 6.07) is 5.46. The Bertz CT molecular complexity index is 824. The van der Waals surface area contributed by atoms with Crippen molar-refractivity contribution in [3.8, 4) is 11.8 Å². The first-order valence-electron chi connectivity index (χ1n) is 8.08. The van der Waals surface area contributed by atoms with Crippen molar-refractivity contribution >= 4 is 11.6 Å². The van der Waals surface area contributed by atoms with Crippen molar-refractivity contribution < 1.29 is 18.7 Å². The molecular weight excluding hydrogens is 339 g/mol. The number of carbonyl (C=O) groups excluding carboxylic acids is 1. The van der Waals surface area contributed by atoms with Crippen molar-refractivity contribution in [2.75, 3.05) is 31.7 Å². The van der Waals surface area contributed by atoms with Crippen LogP contribution < -0.4 is 20.1 Å². The Morgan fingerprint density at radius 3 is 2.81 bits per heavy atom. The molecule has 0 fully saturated rings. The normalized spacial score (nSPS) is 14.2. The number of fused-ring (bicyclic) bond motifs is 1. The van der Waals surface area contributed by atoms with E-state index in [0.29, 0.717) is 41.9 Å². The van der Waals surface area contributed by atoms with Crippen LogP contribution in [0, 0.1) is 0 Å². The third kappa shape index (κ3) is 3.65. The zero-order valence-corrected chi connectivity index (χ0v) is 14.3. The van der Waals surface area contributed by atoms with Gasteiger partial charge in [0.1, 0.15) is 12.4 Å². The molecule has 26 heavy (non-hydrogen) atoms. The molecule has 2 heterocycles. The number of amides is 1. The van der Waals surface area contributed by atoms with E-state index in [4.69, 9.17) is 15.2 Å². The van der Waals surface area contributed by atoms with Gasteiger partial charge in [-0.25, -0.2) is 14.4 Å². The fourth-order valence-electron chi connectivity index (χ4n) is 2.67. The molecule has 1 amide bonds. The number of halogens is 1. The van der Waals surface area contributed by atoms with E-state index in [2.05, 4.69) is 9.97 Å². The smallest absolute Gasteiger partial charge is 0.316 e. The molecular formula is C18H19FN4O3. The number of nitrogens with zero attached hydrogens (tertiary/aromatic N) is 3. The molecule has 0 radical (unpaired) electrons. The van der Waals surface area contributed by atoms with Gasteiger partial charge in [0.25, 0.3) is 5.91 Å². The molecule has 0 saturated heterocycles. The highest BCUT2D eigenvalue weighted by atomic mass is 19.1. The fraction of sp³-hybridized carbons (Fsp3) is 0.278. The first-order valence-corrected chi connectivity index (χ1v) is 8.08. The van der Waals surface area contributed by atoms with Gasteiger partial charge in [-0.1, -0.05) is 0 Å². The molecule has 0 atom stereocenters. The molecule has 136 valence electrons. The predicted octanol–water partition coefficient (Wildman–Crippen LogP) is 1.88. The van der Waals surface area contributed by atoms with Gasteiger partial charge < -0.3 is 20.1 Å². The lowest BCUT2D eigenvalue weighted by atomic mass is 9.98. The molecule has 0 spiro atoms. The van der Waals surface area contributed by atoms with Crippen LogP contribution in [0.4, 0.5) is 10.1 Å². The highest BCUT2D eigenvalue weighted by Gasteiger charge is 2.26. The maximum atomic E-state index is 12.8. The van der Waals surface area contributed by atoms with Gasteiger partial charge >= 0.3 is 6.01 Å². The summed E-state index contributed by atoms with van der Waals surface area (Å²) < 4.78 is 23.0. The summed E-state index contributed by atoms with van der Waals surface area (Å²) in [7, 11) is 1.48. The van der Waals surface area contributed by atoms with Crippen LogP contribution in [0.1, 0.15) is 15.9 Å². The van der Waals surface area contributed by atoms with Crippen molar-refractivity contribution in [1.29, 1.82) is 0 Å². The van der Waals surface area contributed by atoms with Crippen LogP contribution in [0.25, 0.3) is 0 Å². The summed E-state index contributed by atoms with van der Waals surface area (Å²) in [4.78, 5) is 22.5. The van der Waals surface area contributed by atoms with Gasteiger partial charge in [0.15, 0.2) is 0 Å². The van der Waals surface area contributed by atoms with Gasteiger partial charge in [-0.15, -0.1) is 0 Å². The van der Waals surface area contributed by atoms with Crippen LogP contribution >= 0.6 is 0 Å². The molecule has 7 nitrogen and oxygen atoms in total. The van der Waals surface area contributed by atoms with Gasteiger partial charge in [0.05, 0.1) is 31.5 Å². The molecule has 0 aliphatic carbocycles. The zero-order valence-electron chi connectivity index (χ0n) is 14.3. The number of hydrogen-bond donors (Lipinski definition) is 1. The lowest BCUT2D eigenvalue weighted by Gasteiger charge is -2.28. The van der Waals surface area contributed by atoms with Gasteiger partial charge in [-0.3, -0.25) is 4.79 Å². The van der Waals surface area contributed by atoms with Gasteiger partial charge in [0, 0.05) is 24.2 Å². The number of rotatable bonds is 6. The summed E-state index contributed by atoms with van der Waals surface area (Å²) in [5.41, 5.74) is 7.87. The Kier molecular flexibility index (Phi) is 5.43. The van der Waals surface area contributed by atoms with Crippen molar-refractivity contribution in [1.82, 2.24) is 9.97 Å². The van der Waals surface area contributed by atoms with Crippen LogP contribution in [0.2, 0.25) is 0 Å². The number of hydrogen-bond acceptors (Lipinski definition) is 6. The van der Waals surface area contributed by atoms with E-state index >= 15 is 0 Å². The molecule has 8 heteroatoms. The first kappa shape index (κ1) is 17.8. The lowest BCUT2D eigenvalue weighted by molar-refractivity contribution is 0.0980. The standard InChI is InChI=1S/C18H19FN4O3/c1-25-18-21-9-14(10-22-18)23-5-4-13-6-15(2-3-16(13)17(23)24)26-11-12(7-19)8-20/h2-3,6-7,9-10H,4-5,8,11,20H2,1H3/b12-7-. The molecule has 2 N–H and O–H groups in total. The van der Waals surface area contributed by atoms with Crippen molar-refractivity contribution in [2.45, 2.75) is 6.42 Å². The molecule has 0 unspecified atom stereocenters. The molecule has 1 aliphatic heterocycles. The summed E-state index contributed by atoms with van der Waals surface area (Å²) in [6.07, 6.45) is 4.23. The van der Waals surface area contributed by atoms with Gasteiger partial charge in [-0.05, 0) is 30.2 Å². The molecule has 0 saturated carbocycles. The monoisotopic (exact) mass is 358 g/mol. The van der Waals surface area contributed by atoms with E-state index in [1.165, 1.54) is 7.11 Å². The molecule has 1 aliphatic rings. The van der Waals surface area contributed by atoms with E-state index in [1.54, 1.807) is 29.4 Å². The van der Waals surface area contributed by atoms with Crippen molar-refractivity contribution in [3.05, 3.63) is 53.6 Å². The second kappa shape index (κ2) is 7.92. The number of ether oxygens (including phenoxy) is 2. The molecule has 2 aromatic rings.